The molecular weight excluding hydrogens is 319 g/mol. The Kier molecular flexibility index (Phi) is 13.2. The van der Waals surface area contributed by atoms with Crippen LogP contribution in [0.1, 0.15) is 81.1 Å². The topological polar surface area (TPSA) is 0 Å². The quantitative estimate of drug-likeness (QED) is 0.241. The predicted molar refractivity (Wildman–Crippen MR) is 122 cm³/mol. The Balaban J connectivity index is 6.05. The summed E-state index contributed by atoms with van der Waals surface area (Å²) in [7, 11) is -1.18. The maximum Gasteiger partial charge on any atom is 0.0712 e. The van der Waals surface area contributed by atoms with Gasteiger partial charge in [0.2, 0.25) is 0 Å². The summed E-state index contributed by atoms with van der Waals surface area (Å²) >= 11 is 0. The fraction of sp³-hybridized carbons (Fsp3) is 0.667. The van der Waals surface area contributed by atoms with E-state index in [9.17, 15) is 0 Å². The minimum Gasteiger partial charge on any atom is -0.0915 e. The number of rotatable bonds is 12. The molecule has 0 saturated heterocycles. The van der Waals surface area contributed by atoms with Gasteiger partial charge >= 0.3 is 0 Å². The van der Waals surface area contributed by atoms with Gasteiger partial charge in [0.15, 0.2) is 0 Å². The second kappa shape index (κ2) is 13.6. The lowest BCUT2D eigenvalue weighted by Gasteiger charge is -2.45. The summed E-state index contributed by atoms with van der Waals surface area (Å²) in [5.74, 6) is 0. The highest BCUT2D eigenvalue weighted by atomic mass is 31.2. The van der Waals surface area contributed by atoms with Gasteiger partial charge in [0.1, 0.15) is 0 Å². The largest absolute Gasteiger partial charge is 0.0915 e. The third kappa shape index (κ3) is 6.90. The van der Waals surface area contributed by atoms with Crippen LogP contribution in [-0.2, 0) is 0 Å². The molecule has 0 aromatic carbocycles. The van der Waals surface area contributed by atoms with Crippen LogP contribution in [0.15, 0.2) is 48.6 Å². The fourth-order valence-electron chi connectivity index (χ4n) is 4.67. The van der Waals surface area contributed by atoms with Gasteiger partial charge in [-0.1, -0.05) is 48.6 Å². The first-order valence-electron chi connectivity index (χ1n) is 10.3. The molecule has 0 fully saturated rings. The molecule has 1 heteroatoms. The summed E-state index contributed by atoms with van der Waals surface area (Å²) in [4.78, 5) is 0. The lowest BCUT2D eigenvalue weighted by atomic mass is 10.3. The number of allylic oxidation sites excluding steroid dienone is 8. The van der Waals surface area contributed by atoms with E-state index in [0.29, 0.717) is 0 Å². The van der Waals surface area contributed by atoms with Gasteiger partial charge in [-0.3, -0.25) is 0 Å². The van der Waals surface area contributed by atoms with Crippen molar-refractivity contribution >= 4 is 7.26 Å². The van der Waals surface area contributed by atoms with Crippen LogP contribution in [0.25, 0.3) is 0 Å². The van der Waals surface area contributed by atoms with Crippen LogP contribution in [0.3, 0.4) is 0 Å². The number of hydrogen-bond donors (Lipinski definition) is 0. The summed E-state index contributed by atoms with van der Waals surface area (Å²) in [6.45, 7) is 18.8. The van der Waals surface area contributed by atoms with Crippen LogP contribution < -0.4 is 0 Å². The maximum atomic E-state index is 2.54. The molecule has 0 aliphatic carbocycles. The lowest BCUT2D eigenvalue weighted by molar-refractivity contribution is 0.764. The van der Waals surface area contributed by atoms with Crippen molar-refractivity contribution < 1.29 is 0 Å². The fourth-order valence-corrected chi connectivity index (χ4v) is 11.8. The third-order valence-electron chi connectivity index (χ3n) is 5.91. The van der Waals surface area contributed by atoms with Gasteiger partial charge in [-0.2, -0.15) is 0 Å². The first-order valence-corrected chi connectivity index (χ1v) is 12.3. The van der Waals surface area contributed by atoms with Gasteiger partial charge in [-0.15, -0.1) is 0 Å². The Bertz CT molecular complexity index is 356. The van der Waals surface area contributed by atoms with E-state index in [4.69, 9.17) is 0 Å². The molecule has 144 valence electrons. The highest BCUT2D eigenvalue weighted by molar-refractivity contribution is 7.78. The zero-order chi connectivity index (χ0) is 19.3. The van der Waals surface area contributed by atoms with Crippen LogP contribution in [-0.4, -0.2) is 22.6 Å². The van der Waals surface area contributed by atoms with Crippen molar-refractivity contribution in [2.24, 2.45) is 0 Å². The molecule has 25 heavy (non-hydrogen) atoms. The molecule has 0 spiro atoms. The summed E-state index contributed by atoms with van der Waals surface area (Å²) in [6, 6.07) is 0. The first kappa shape index (κ1) is 24.4. The molecule has 0 aliphatic heterocycles. The molecule has 0 N–H and O–H groups in total. The van der Waals surface area contributed by atoms with Crippen LogP contribution in [0.2, 0.25) is 0 Å². The molecule has 0 aromatic rings. The van der Waals surface area contributed by atoms with Gasteiger partial charge in [-0.25, -0.2) is 0 Å². The van der Waals surface area contributed by atoms with Crippen molar-refractivity contribution in [3.05, 3.63) is 48.6 Å². The molecule has 0 rings (SSSR count). The molecule has 0 radical (unpaired) electrons. The van der Waals surface area contributed by atoms with E-state index in [-0.39, 0.29) is 0 Å². The Morgan fingerprint density at radius 1 is 0.480 bits per heavy atom. The molecular formula is C24H44P+. The van der Waals surface area contributed by atoms with Crippen molar-refractivity contribution in [2.75, 3.05) is 0 Å². The highest BCUT2D eigenvalue weighted by Gasteiger charge is 2.54. The van der Waals surface area contributed by atoms with Crippen molar-refractivity contribution in [1.82, 2.24) is 0 Å². The molecule has 4 unspecified atom stereocenters. The smallest absolute Gasteiger partial charge is 0.0712 e. The molecule has 0 amide bonds. The molecule has 0 aliphatic rings. The summed E-state index contributed by atoms with van der Waals surface area (Å²) < 4.78 is 0. The lowest BCUT2D eigenvalue weighted by Crippen LogP contribution is -2.34. The molecule has 0 bridgehead atoms. The number of hydrogen-bond acceptors (Lipinski definition) is 0. The zero-order valence-electron chi connectivity index (χ0n) is 18.2. The van der Waals surface area contributed by atoms with Crippen LogP contribution in [0.4, 0.5) is 0 Å². The highest BCUT2D eigenvalue weighted by Crippen LogP contribution is 2.76. The maximum absolute atomic E-state index is 2.54. The Labute approximate surface area is 159 Å². The summed E-state index contributed by atoms with van der Waals surface area (Å²) in [6.07, 6.45) is 23.4. The van der Waals surface area contributed by atoms with Crippen LogP contribution in [0.5, 0.6) is 0 Å². The second-order valence-electron chi connectivity index (χ2n) is 7.51. The second-order valence-corrected chi connectivity index (χ2v) is 12.8. The zero-order valence-corrected chi connectivity index (χ0v) is 19.1. The van der Waals surface area contributed by atoms with Crippen LogP contribution >= 0.6 is 7.26 Å². The Morgan fingerprint density at radius 2 is 0.680 bits per heavy atom. The van der Waals surface area contributed by atoms with Crippen molar-refractivity contribution in [3.8, 4) is 0 Å². The van der Waals surface area contributed by atoms with Crippen molar-refractivity contribution in [2.45, 2.75) is 104 Å². The first-order chi connectivity index (χ1) is 11.9. The van der Waals surface area contributed by atoms with E-state index >= 15 is 0 Å². The van der Waals surface area contributed by atoms with Gasteiger partial charge < -0.3 is 0 Å². The van der Waals surface area contributed by atoms with Crippen LogP contribution in [0, 0.1) is 0 Å². The van der Waals surface area contributed by atoms with E-state index in [1.807, 2.05) is 0 Å². The summed E-state index contributed by atoms with van der Waals surface area (Å²) in [5.41, 5.74) is 3.13. The van der Waals surface area contributed by atoms with E-state index in [2.05, 4.69) is 104 Å². The molecule has 0 aromatic heterocycles. The normalized spacial score (nSPS) is 20.5. The van der Waals surface area contributed by atoms with E-state index < -0.39 is 7.26 Å². The Morgan fingerprint density at radius 3 is 0.840 bits per heavy atom. The van der Waals surface area contributed by atoms with Crippen molar-refractivity contribution in [3.63, 3.8) is 0 Å². The SMILES string of the molecule is CC=CCC(C)[P+](C(C)CC=CC)(C(C)CC=CC)C(C)CC=CC. The molecule has 4 atom stereocenters. The van der Waals surface area contributed by atoms with Gasteiger partial charge in [-0.05, 0) is 55.4 Å². The monoisotopic (exact) mass is 363 g/mol. The summed E-state index contributed by atoms with van der Waals surface area (Å²) in [5, 5.41) is 0. The van der Waals surface area contributed by atoms with E-state index in [1.54, 1.807) is 0 Å². The minimum atomic E-state index is -1.18. The van der Waals surface area contributed by atoms with Gasteiger partial charge in [0, 0.05) is 32.9 Å². The molecule has 0 heterocycles. The Hall–Kier alpha value is -0.610. The van der Waals surface area contributed by atoms with Crippen molar-refractivity contribution in [1.29, 1.82) is 0 Å². The third-order valence-corrected chi connectivity index (χ3v) is 12.9. The van der Waals surface area contributed by atoms with E-state index in [0.717, 1.165) is 22.6 Å². The standard InChI is InChI=1S/C24H44P/c1-9-13-17-21(5)25(22(6)18-14-10-2,23(7)19-15-11-3)24(8)20-16-12-4/h9-16,21-24H,17-20H2,1-8H3/q+1. The predicted octanol–water partition coefficient (Wildman–Crippen LogP) is 8.42. The average molecular weight is 364 g/mol. The molecule has 0 nitrogen and oxygen atoms in total. The van der Waals surface area contributed by atoms with Gasteiger partial charge in [0.25, 0.3) is 0 Å². The van der Waals surface area contributed by atoms with Gasteiger partial charge in [0.05, 0.1) is 22.6 Å². The molecule has 0 saturated carbocycles. The minimum absolute atomic E-state index is 0.782. The average Bonchev–Trinajstić information content (AvgIpc) is 2.61. The van der Waals surface area contributed by atoms with E-state index in [1.165, 1.54) is 25.7 Å².